The summed E-state index contributed by atoms with van der Waals surface area (Å²) in [6.45, 7) is 7.52. The van der Waals surface area contributed by atoms with Gasteiger partial charge in [-0.2, -0.15) is 0 Å². The van der Waals surface area contributed by atoms with Crippen molar-refractivity contribution in [1.82, 2.24) is 0 Å². The molecule has 0 radical (unpaired) electrons. The molecule has 1 unspecified atom stereocenters. The molecular formula is C12H16O2. The van der Waals surface area contributed by atoms with Gasteiger partial charge in [0, 0.05) is 17.9 Å². The molecule has 0 aromatic heterocycles. The van der Waals surface area contributed by atoms with Crippen molar-refractivity contribution in [3.8, 4) is 0 Å². The fraction of sp³-hybridized carbons (Fsp3) is 0.583. The van der Waals surface area contributed by atoms with Crippen molar-refractivity contribution in [3.63, 3.8) is 0 Å². The lowest BCUT2D eigenvalue weighted by Crippen LogP contribution is -2.20. The molecule has 0 saturated carbocycles. The maximum Gasteiger partial charge on any atom is 0.163 e. The quantitative estimate of drug-likeness (QED) is 0.550. The third kappa shape index (κ3) is 1.34. The minimum Gasteiger partial charge on any atom is -0.376 e. The van der Waals surface area contributed by atoms with E-state index in [1.807, 2.05) is 13.8 Å². The van der Waals surface area contributed by atoms with Crippen molar-refractivity contribution in [3.05, 3.63) is 22.3 Å². The highest BCUT2D eigenvalue weighted by molar-refractivity contribution is 6.02. The summed E-state index contributed by atoms with van der Waals surface area (Å²) in [4.78, 5) is 11.8. The number of carbonyl (C=O) groups excluding carboxylic acids is 1. The van der Waals surface area contributed by atoms with Crippen molar-refractivity contribution in [2.45, 2.75) is 27.2 Å². The van der Waals surface area contributed by atoms with Crippen LogP contribution in [-0.4, -0.2) is 19.0 Å². The molecule has 2 heteroatoms. The molecule has 14 heavy (non-hydrogen) atoms. The minimum absolute atomic E-state index is 0.293. The number of fused-ring (bicyclic) bond motifs is 1. The van der Waals surface area contributed by atoms with E-state index in [1.165, 1.54) is 11.1 Å². The second-order valence-electron chi connectivity index (χ2n) is 4.36. The molecule has 0 aromatic rings. The molecule has 1 heterocycles. The van der Waals surface area contributed by atoms with E-state index in [0.717, 1.165) is 24.4 Å². The highest BCUT2D eigenvalue weighted by Crippen LogP contribution is 2.36. The standard InChI is InChI=1S/C12H16O2/c1-7(2)12-8(3)10-6-14-5-9(10)4-11(12)13/h9H,4-6H2,1-3H3. The number of ether oxygens (including phenoxy) is 1. The molecule has 1 saturated heterocycles. The fourth-order valence-corrected chi connectivity index (χ4v) is 2.48. The smallest absolute Gasteiger partial charge is 0.163 e. The number of rotatable bonds is 0. The van der Waals surface area contributed by atoms with E-state index in [1.54, 1.807) is 0 Å². The summed E-state index contributed by atoms with van der Waals surface area (Å²) < 4.78 is 5.41. The van der Waals surface area contributed by atoms with Crippen molar-refractivity contribution in [1.29, 1.82) is 0 Å². The Morgan fingerprint density at radius 3 is 2.79 bits per heavy atom. The average molecular weight is 192 g/mol. The highest BCUT2D eigenvalue weighted by atomic mass is 16.5. The van der Waals surface area contributed by atoms with Crippen LogP contribution in [-0.2, 0) is 9.53 Å². The summed E-state index contributed by atoms with van der Waals surface area (Å²) in [5.74, 6) is 0.660. The summed E-state index contributed by atoms with van der Waals surface area (Å²) in [5.41, 5.74) is 4.59. The molecule has 0 aromatic carbocycles. The largest absolute Gasteiger partial charge is 0.376 e. The van der Waals surface area contributed by atoms with E-state index >= 15 is 0 Å². The molecule has 1 atom stereocenters. The number of carbonyl (C=O) groups is 1. The normalized spacial score (nSPS) is 26.9. The van der Waals surface area contributed by atoms with Gasteiger partial charge in [-0.25, -0.2) is 0 Å². The molecule has 0 amide bonds. The summed E-state index contributed by atoms with van der Waals surface area (Å²) in [6.07, 6.45) is 0.646. The number of hydrogen-bond donors (Lipinski definition) is 0. The third-order valence-corrected chi connectivity index (χ3v) is 3.14. The van der Waals surface area contributed by atoms with Crippen molar-refractivity contribution >= 4 is 5.78 Å². The Kier molecular flexibility index (Phi) is 2.31. The zero-order chi connectivity index (χ0) is 10.3. The van der Waals surface area contributed by atoms with Crippen LogP contribution in [0.5, 0.6) is 0 Å². The maximum absolute atomic E-state index is 11.8. The second kappa shape index (κ2) is 3.35. The Morgan fingerprint density at radius 2 is 2.14 bits per heavy atom. The van der Waals surface area contributed by atoms with Crippen LogP contribution in [0.4, 0.5) is 0 Å². The predicted molar refractivity (Wildman–Crippen MR) is 55.0 cm³/mol. The van der Waals surface area contributed by atoms with Gasteiger partial charge < -0.3 is 4.74 Å². The second-order valence-corrected chi connectivity index (χ2v) is 4.36. The Bertz CT molecular complexity index is 343. The van der Waals surface area contributed by atoms with Gasteiger partial charge >= 0.3 is 0 Å². The Morgan fingerprint density at radius 1 is 1.43 bits per heavy atom. The molecule has 2 aliphatic rings. The lowest BCUT2D eigenvalue weighted by Gasteiger charge is -2.22. The monoisotopic (exact) mass is 192 g/mol. The van der Waals surface area contributed by atoms with Gasteiger partial charge in [0.1, 0.15) is 0 Å². The van der Waals surface area contributed by atoms with Crippen LogP contribution in [0.3, 0.4) is 0 Å². The summed E-state index contributed by atoms with van der Waals surface area (Å²) >= 11 is 0. The molecular weight excluding hydrogens is 176 g/mol. The summed E-state index contributed by atoms with van der Waals surface area (Å²) in [6, 6.07) is 0. The Labute approximate surface area is 84.6 Å². The Hall–Kier alpha value is -0.890. The van der Waals surface area contributed by atoms with Crippen LogP contribution in [0.1, 0.15) is 27.2 Å². The number of hydrogen-bond acceptors (Lipinski definition) is 2. The predicted octanol–water partition coefficient (Wildman–Crippen LogP) is 2.26. The van der Waals surface area contributed by atoms with Gasteiger partial charge in [0.2, 0.25) is 0 Å². The number of allylic oxidation sites excluding steroid dienone is 3. The molecule has 2 rings (SSSR count). The van der Waals surface area contributed by atoms with Crippen LogP contribution in [0.25, 0.3) is 0 Å². The van der Waals surface area contributed by atoms with Gasteiger partial charge in [-0.1, -0.05) is 5.57 Å². The topological polar surface area (TPSA) is 26.3 Å². The SMILES string of the molecule is CC(C)=C1C(=O)CC2COCC2=C1C. The zero-order valence-corrected chi connectivity index (χ0v) is 9.02. The van der Waals surface area contributed by atoms with Gasteiger partial charge in [0.25, 0.3) is 0 Å². The van der Waals surface area contributed by atoms with Crippen LogP contribution < -0.4 is 0 Å². The van der Waals surface area contributed by atoms with Gasteiger partial charge in [-0.15, -0.1) is 0 Å². The summed E-state index contributed by atoms with van der Waals surface area (Å²) in [7, 11) is 0. The molecule has 2 nitrogen and oxygen atoms in total. The molecule has 0 bridgehead atoms. The first-order valence-electron chi connectivity index (χ1n) is 5.09. The summed E-state index contributed by atoms with van der Waals surface area (Å²) in [5, 5.41) is 0. The molecule has 1 aliphatic carbocycles. The lowest BCUT2D eigenvalue weighted by molar-refractivity contribution is -0.116. The van der Waals surface area contributed by atoms with E-state index in [-0.39, 0.29) is 0 Å². The van der Waals surface area contributed by atoms with Crippen LogP contribution >= 0.6 is 0 Å². The molecule has 1 fully saturated rings. The van der Waals surface area contributed by atoms with E-state index in [9.17, 15) is 4.79 Å². The average Bonchev–Trinajstić information content (AvgIpc) is 2.50. The lowest BCUT2D eigenvalue weighted by atomic mass is 9.80. The van der Waals surface area contributed by atoms with E-state index in [2.05, 4.69) is 6.92 Å². The molecule has 1 aliphatic heterocycles. The van der Waals surface area contributed by atoms with Crippen LogP contribution in [0.2, 0.25) is 0 Å². The van der Waals surface area contributed by atoms with Gasteiger partial charge in [0.05, 0.1) is 13.2 Å². The zero-order valence-electron chi connectivity index (χ0n) is 9.02. The van der Waals surface area contributed by atoms with Crippen LogP contribution in [0.15, 0.2) is 22.3 Å². The first-order chi connectivity index (χ1) is 6.61. The van der Waals surface area contributed by atoms with Crippen molar-refractivity contribution < 1.29 is 9.53 Å². The highest BCUT2D eigenvalue weighted by Gasteiger charge is 2.33. The molecule has 0 N–H and O–H groups in total. The van der Waals surface area contributed by atoms with E-state index in [0.29, 0.717) is 18.1 Å². The molecule has 76 valence electrons. The third-order valence-electron chi connectivity index (χ3n) is 3.14. The maximum atomic E-state index is 11.8. The minimum atomic E-state index is 0.293. The van der Waals surface area contributed by atoms with Crippen molar-refractivity contribution in [2.24, 2.45) is 5.92 Å². The molecule has 0 spiro atoms. The Balaban J connectivity index is 2.51. The van der Waals surface area contributed by atoms with Gasteiger partial charge in [0.15, 0.2) is 5.78 Å². The van der Waals surface area contributed by atoms with E-state index in [4.69, 9.17) is 4.74 Å². The van der Waals surface area contributed by atoms with E-state index < -0.39 is 0 Å². The number of Topliss-reactive ketones (excluding diaryl/α,β-unsaturated/α-hetero) is 1. The van der Waals surface area contributed by atoms with Gasteiger partial charge in [-0.05, 0) is 31.9 Å². The first kappa shape index (κ1) is 9.66. The van der Waals surface area contributed by atoms with Crippen molar-refractivity contribution in [2.75, 3.05) is 13.2 Å². The van der Waals surface area contributed by atoms with Crippen LogP contribution in [0, 0.1) is 5.92 Å². The fourth-order valence-electron chi connectivity index (χ4n) is 2.48. The van der Waals surface area contributed by atoms with Gasteiger partial charge in [-0.3, -0.25) is 4.79 Å². The first-order valence-corrected chi connectivity index (χ1v) is 5.09. The number of ketones is 1.